The summed E-state index contributed by atoms with van der Waals surface area (Å²) >= 11 is -2.91. The molecule has 1 N–H and O–H groups in total. The van der Waals surface area contributed by atoms with Crippen LogP contribution in [0, 0.1) is 0 Å². The van der Waals surface area contributed by atoms with Gasteiger partial charge in [0.25, 0.3) is 5.56 Å². The molecule has 2 aromatic carbocycles. The standard InChI is InChI=1S/C25H25N3O8S2/c1-4-35-25(30)21-13-19-20(14-27(2)24(29)23(19)26-21)18-12-16(28(37(31)32)15-38(3,33)34)10-11-22(18)36-17-8-6-5-7-9-17/h5-14,26H,4,15H2,1-3H3,(H,31,32)/p-1. The Morgan fingerprint density at radius 3 is 2.47 bits per heavy atom. The second-order valence-corrected chi connectivity index (χ2v) is 11.4. The molecular formula is C25H24N3O8S2-. The molecule has 4 rings (SSSR count). The smallest absolute Gasteiger partial charge is 0.354 e. The number of sulfone groups is 1. The highest BCUT2D eigenvalue weighted by Crippen LogP contribution is 2.39. The molecule has 1 atom stereocenters. The van der Waals surface area contributed by atoms with Crippen LogP contribution in [0.15, 0.2) is 65.6 Å². The van der Waals surface area contributed by atoms with Crippen molar-refractivity contribution in [3.05, 3.63) is 76.8 Å². The van der Waals surface area contributed by atoms with Crippen molar-refractivity contribution in [2.24, 2.45) is 7.05 Å². The van der Waals surface area contributed by atoms with Gasteiger partial charge in [-0.05, 0) is 43.3 Å². The van der Waals surface area contributed by atoms with Crippen molar-refractivity contribution in [3.8, 4) is 22.6 Å². The Labute approximate surface area is 221 Å². The molecule has 38 heavy (non-hydrogen) atoms. The SMILES string of the molecule is CCOC(=O)c1cc2c(-c3cc(N(CS(C)(=O)=O)S(=O)[O-])ccc3Oc3ccccc3)cn(C)c(=O)c2[nH]1. The minimum atomic E-state index is -3.71. The van der Waals surface area contributed by atoms with Crippen molar-refractivity contribution >= 4 is 43.7 Å². The summed E-state index contributed by atoms with van der Waals surface area (Å²) in [4.78, 5) is 28.1. The first-order valence-electron chi connectivity index (χ1n) is 11.3. The fraction of sp³-hybridized carbons (Fsp3) is 0.200. The van der Waals surface area contributed by atoms with Crippen LogP contribution in [-0.4, -0.2) is 51.4 Å². The molecule has 0 radical (unpaired) electrons. The molecule has 0 aliphatic rings. The lowest BCUT2D eigenvalue weighted by molar-refractivity contribution is 0.0520. The van der Waals surface area contributed by atoms with Gasteiger partial charge in [-0.2, -0.15) is 0 Å². The van der Waals surface area contributed by atoms with Crippen molar-refractivity contribution in [1.82, 2.24) is 9.55 Å². The Bertz CT molecular complexity index is 1700. The van der Waals surface area contributed by atoms with E-state index in [1.54, 1.807) is 31.2 Å². The molecule has 0 aliphatic heterocycles. The summed E-state index contributed by atoms with van der Waals surface area (Å²) in [5.41, 5.74) is 0.627. The quantitative estimate of drug-likeness (QED) is 0.243. The summed E-state index contributed by atoms with van der Waals surface area (Å²) in [6, 6.07) is 14.7. The second-order valence-electron chi connectivity index (χ2n) is 8.40. The third kappa shape index (κ3) is 5.79. The number of nitrogens with one attached hydrogen (secondary N) is 1. The number of nitrogens with zero attached hydrogens (tertiary/aromatic N) is 2. The van der Waals surface area contributed by atoms with Crippen LogP contribution < -0.4 is 14.6 Å². The lowest BCUT2D eigenvalue weighted by Crippen LogP contribution is -2.31. The van der Waals surface area contributed by atoms with Crippen molar-refractivity contribution in [2.75, 3.05) is 23.0 Å². The topological polar surface area (TPSA) is 151 Å². The summed E-state index contributed by atoms with van der Waals surface area (Å²) in [5, 5.41) is 0.365. The number of anilines is 1. The minimum Gasteiger partial charge on any atom is -0.755 e. The molecule has 0 amide bonds. The van der Waals surface area contributed by atoms with Crippen LogP contribution in [0.5, 0.6) is 11.5 Å². The van der Waals surface area contributed by atoms with Gasteiger partial charge in [-0.25, -0.2) is 13.2 Å². The van der Waals surface area contributed by atoms with Crippen LogP contribution in [0.2, 0.25) is 0 Å². The predicted octanol–water partition coefficient (Wildman–Crippen LogP) is 3.11. The molecule has 13 heteroatoms. The first-order chi connectivity index (χ1) is 18.0. The maximum Gasteiger partial charge on any atom is 0.354 e. The number of carbonyl (C=O) groups is 1. The van der Waals surface area contributed by atoms with Gasteiger partial charge in [0.2, 0.25) is 0 Å². The number of hydrogen-bond donors (Lipinski definition) is 1. The molecular weight excluding hydrogens is 534 g/mol. The van der Waals surface area contributed by atoms with Crippen LogP contribution >= 0.6 is 0 Å². The third-order valence-electron chi connectivity index (χ3n) is 5.50. The Hall–Kier alpha value is -3.94. The molecule has 11 nitrogen and oxygen atoms in total. The number of H-pyrrole nitrogens is 1. The number of esters is 1. The Morgan fingerprint density at radius 1 is 1.13 bits per heavy atom. The largest absolute Gasteiger partial charge is 0.755 e. The molecule has 0 aliphatic carbocycles. The number of fused-ring (bicyclic) bond motifs is 1. The molecule has 0 spiro atoms. The van der Waals surface area contributed by atoms with Gasteiger partial charge in [0.1, 0.15) is 28.6 Å². The maximum atomic E-state index is 12.9. The van der Waals surface area contributed by atoms with E-state index >= 15 is 0 Å². The van der Waals surface area contributed by atoms with Crippen LogP contribution in [0.25, 0.3) is 22.0 Å². The summed E-state index contributed by atoms with van der Waals surface area (Å²) in [6.07, 6.45) is 2.45. The number of rotatable bonds is 9. The summed E-state index contributed by atoms with van der Waals surface area (Å²) in [6.45, 7) is 1.80. The summed E-state index contributed by atoms with van der Waals surface area (Å²) < 4.78 is 61.0. The molecule has 200 valence electrons. The highest BCUT2D eigenvalue weighted by Gasteiger charge is 2.22. The van der Waals surface area contributed by atoms with Crippen molar-refractivity contribution in [2.45, 2.75) is 6.92 Å². The number of carbonyl (C=O) groups excluding carboxylic acids is 1. The average molecular weight is 559 g/mol. The van der Waals surface area contributed by atoms with Gasteiger partial charge < -0.3 is 23.6 Å². The van der Waals surface area contributed by atoms with Gasteiger partial charge >= 0.3 is 5.97 Å². The molecule has 2 aromatic heterocycles. The van der Waals surface area contributed by atoms with Gasteiger partial charge in [-0.1, -0.05) is 18.2 Å². The Morgan fingerprint density at radius 2 is 1.84 bits per heavy atom. The zero-order valence-corrected chi connectivity index (χ0v) is 22.3. The van der Waals surface area contributed by atoms with E-state index in [1.807, 2.05) is 6.07 Å². The van der Waals surface area contributed by atoms with E-state index in [0.29, 0.717) is 32.3 Å². The van der Waals surface area contributed by atoms with Crippen LogP contribution in [0.4, 0.5) is 5.69 Å². The number of benzene rings is 2. The fourth-order valence-electron chi connectivity index (χ4n) is 3.87. The van der Waals surface area contributed by atoms with Crippen molar-refractivity contribution < 1.29 is 31.4 Å². The number of pyridine rings is 1. The monoisotopic (exact) mass is 558 g/mol. The lowest BCUT2D eigenvalue weighted by atomic mass is 10.0. The zero-order chi connectivity index (χ0) is 27.6. The number of aryl methyl sites for hydroxylation is 1. The first-order valence-corrected chi connectivity index (χ1v) is 14.4. The number of hydrogen-bond acceptors (Lipinski definition) is 8. The third-order valence-corrected chi connectivity index (χ3v) is 7.09. The van der Waals surface area contributed by atoms with Gasteiger partial charge in [-0.15, -0.1) is 0 Å². The van der Waals surface area contributed by atoms with E-state index in [2.05, 4.69) is 4.98 Å². The van der Waals surface area contributed by atoms with Gasteiger partial charge in [0.15, 0.2) is 9.84 Å². The predicted molar refractivity (Wildman–Crippen MR) is 143 cm³/mol. The van der Waals surface area contributed by atoms with E-state index in [-0.39, 0.29) is 23.5 Å². The van der Waals surface area contributed by atoms with E-state index < -0.39 is 38.5 Å². The molecule has 0 fully saturated rings. The van der Waals surface area contributed by atoms with E-state index in [0.717, 1.165) is 6.26 Å². The molecule has 1 unspecified atom stereocenters. The average Bonchev–Trinajstić information content (AvgIpc) is 3.31. The van der Waals surface area contributed by atoms with E-state index in [9.17, 15) is 26.8 Å². The number of aromatic amines is 1. The zero-order valence-electron chi connectivity index (χ0n) is 20.7. The second kappa shape index (κ2) is 10.8. The Kier molecular flexibility index (Phi) is 7.71. The number of aromatic nitrogens is 2. The summed E-state index contributed by atoms with van der Waals surface area (Å²) in [5.74, 6) is -0.632. The fourth-order valence-corrected chi connectivity index (χ4v) is 5.65. The van der Waals surface area contributed by atoms with Gasteiger partial charge in [-0.3, -0.25) is 13.3 Å². The highest BCUT2D eigenvalue weighted by molar-refractivity contribution is 7.92. The highest BCUT2D eigenvalue weighted by atomic mass is 32.2. The van der Waals surface area contributed by atoms with Crippen LogP contribution in [0.3, 0.4) is 0 Å². The molecule has 0 saturated carbocycles. The summed E-state index contributed by atoms with van der Waals surface area (Å²) in [7, 11) is -2.18. The number of para-hydroxylation sites is 1. The van der Waals surface area contributed by atoms with Gasteiger partial charge in [0.05, 0.1) is 12.3 Å². The molecule has 0 saturated heterocycles. The number of ether oxygens (including phenoxy) is 2. The van der Waals surface area contributed by atoms with Crippen molar-refractivity contribution in [1.29, 1.82) is 0 Å². The normalized spacial score (nSPS) is 12.3. The Balaban J connectivity index is 1.99. The molecule has 4 aromatic rings. The minimum absolute atomic E-state index is 0.0577. The van der Waals surface area contributed by atoms with Crippen molar-refractivity contribution in [3.63, 3.8) is 0 Å². The van der Waals surface area contributed by atoms with Crippen LogP contribution in [-0.2, 0) is 32.9 Å². The lowest BCUT2D eigenvalue weighted by Gasteiger charge is -2.26. The van der Waals surface area contributed by atoms with Crippen LogP contribution in [0.1, 0.15) is 17.4 Å². The van der Waals surface area contributed by atoms with E-state index in [4.69, 9.17) is 9.47 Å². The maximum absolute atomic E-state index is 12.9. The first kappa shape index (κ1) is 27.1. The van der Waals surface area contributed by atoms with Gasteiger partial charge in [0, 0.05) is 47.3 Å². The molecule has 2 heterocycles. The van der Waals surface area contributed by atoms with E-state index in [1.165, 1.54) is 42.1 Å². The molecule has 0 bridgehead atoms.